The Kier molecular flexibility index (Phi) is 3.50. The summed E-state index contributed by atoms with van der Waals surface area (Å²) in [5.74, 6) is -0.150. The predicted molar refractivity (Wildman–Crippen MR) is 62.0 cm³/mol. The van der Waals surface area contributed by atoms with Gasteiger partial charge in [0.05, 0.1) is 17.8 Å². The van der Waals surface area contributed by atoms with E-state index in [-0.39, 0.29) is 18.0 Å². The van der Waals surface area contributed by atoms with Gasteiger partial charge in [-0.25, -0.2) is 0 Å². The van der Waals surface area contributed by atoms with Gasteiger partial charge >= 0.3 is 5.82 Å². The van der Waals surface area contributed by atoms with Crippen molar-refractivity contribution in [1.82, 2.24) is 10.3 Å². The number of anilines is 1. The molecule has 2 heterocycles. The van der Waals surface area contributed by atoms with Crippen molar-refractivity contribution in [3.63, 3.8) is 0 Å². The second-order valence-corrected chi connectivity index (χ2v) is 3.85. The van der Waals surface area contributed by atoms with Crippen LogP contribution in [-0.2, 0) is 4.74 Å². The Morgan fingerprint density at radius 2 is 2.41 bits per heavy atom. The molecule has 0 saturated carbocycles. The van der Waals surface area contributed by atoms with Crippen LogP contribution in [0.4, 0.5) is 11.5 Å². The van der Waals surface area contributed by atoms with E-state index in [0.717, 1.165) is 18.8 Å². The van der Waals surface area contributed by atoms with Crippen LogP contribution in [0, 0.1) is 10.1 Å². The minimum Gasteiger partial charge on any atom is -0.378 e. The fourth-order valence-corrected chi connectivity index (χ4v) is 1.84. The van der Waals surface area contributed by atoms with E-state index >= 15 is 0 Å². The molecule has 2 rings (SSSR count). The van der Waals surface area contributed by atoms with E-state index in [1.165, 1.54) is 12.3 Å². The van der Waals surface area contributed by atoms with Gasteiger partial charge in [-0.1, -0.05) is 0 Å². The van der Waals surface area contributed by atoms with Crippen LogP contribution in [0.5, 0.6) is 0 Å². The van der Waals surface area contributed by atoms with E-state index in [1.807, 2.05) is 0 Å². The van der Waals surface area contributed by atoms with E-state index in [4.69, 9.17) is 4.74 Å². The summed E-state index contributed by atoms with van der Waals surface area (Å²) in [4.78, 5) is 13.7. The van der Waals surface area contributed by atoms with Gasteiger partial charge in [-0.3, -0.25) is 0 Å². The second kappa shape index (κ2) is 5.07. The van der Waals surface area contributed by atoms with Crippen LogP contribution in [-0.4, -0.2) is 42.3 Å². The van der Waals surface area contributed by atoms with Gasteiger partial charge in [0.2, 0.25) is 0 Å². The molecule has 7 nitrogen and oxygen atoms in total. The highest BCUT2D eigenvalue weighted by molar-refractivity contribution is 5.44. The van der Waals surface area contributed by atoms with Crippen LogP contribution in [0.2, 0.25) is 0 Å². The number of hydrogen-bond acceptors (Lipinski definition) is 6. The summed E-state index contributed by atoms with van der Waals surface area (Å²) in [5.41, 5.74) is 0.756. The van der Waals surface area contributed by atoms with Gasteiger partial charge in [-0.2, -0.15) is 0 Å². The standard InChI is InChI=1S/C10H14N4O3/c1-17-9-6-11-5-8(9)13-7-2-3-10(12-4-7)14(15)16/h2-4,8-9,11,13H,5-6H2,1H3/t8?,9-/m0/s1. The van der Waals surface area contributed by atoms with Gasteiger partial charge in [0.1, 0.15) is 0 Å². The molecule has 2 N–H and O–H groups in total. The van der Waals surface area contributed by atoms with Crippen LogP contribution in [0.3, 0.4) is 0 Å². The molecule has 1 aromatic rings. The summed E-state index contributed by atoms with van der Waals surface area (Å²) < 4.78 is 5.30. The first-order valence-corrected chi connectivity index (χ1v) is 5.31. The Morgan fingerprint density at radius 3 is 3.00 bits per heavy atom. The van der Waals surface area contributed by atoms with Gasteiger partial charge in [0, 0.05) is 26.3 Å². The summed E-state index contributed by atoms with van der Waals surface area (Å²) in [6.07, 6.45) is 1.56. The first-order chi connectivity index (χ1) is 8.20. The highest BCUT2D eigenvalue weighted by Gasteiger charge is 2.26. The molecule has 0 bridgehead atoms. The zero-order chi connectivity index (χ0) is 12.3. The molecular formula is C10H14N4O3. The Hall–Kier alpha value is -1.73. The lowest BCUT2D eigenvalue weighted by Gasteiger charge is -2.18. The van der Waals surface area contributed by atoms with Crippen molar-refractivity contribution in [2.24, 2.45) is 0 Å². The Labute approximate surface area is 98.3 Å². The molecule has 2 atom stereocenters. The first-order valence-electron chi connectivity index (χ1n) is 5.31. The number of methoxy groups -OCH3 is 1. The average molecular weight is 238 g/mol. The smallest absolute Gasteiger partial charge is 0.363 e. The summed E-state index contributed by atoms with van der Waals surface area (Å²) in [6.45, 7) is 1.60. The molecule has 0 spiro atoms. The Balaban J connectivity index is 2.01. The second-order valence-electron chi connectivity index (χ2n) is 3.85. The third-order valence-corrected chi connectivity index (χ3v) is 2.75. The van der Waals surface area contributed by atoms with Crippen LogP contribution in [0.15, 0.2) is 18.3 Å². The molecule has 7 heteroatoms. The third kappa shape index (κ3) is 2.69. The number of nitro groups is 1. The van der Waals surface area contributed by atoms with Crippen molar-refractivity contribution in [1.29, 1.82) is 0 Å². The molecular weight excluding hydrogens is 224 g/mol. The number of rotatable bonds is 4. The van der Waals surface area contributed by atoms with Crippen molar-refractivity contribution < 1.29 is 9.66 Å². The molecule has 0 aromatic carbocycles. The minimum absolute atomic E-state index is 0.102. The number of nitrogens with one attached hydrogen (secondary N) is 2. The van der Waals surface area contributed by atoms with Crippen LogP contribution >= 0.6 is 0 Å². The highest BCUT2D eigenvalue weighted by Crippen LogP contribution is 2.15. The molecule has 1 unspecified atom stereocenters. The maximum absolute atomic E-state index is 10.4. The summed E-state index contributed by atoms with van der Waals surface area (Å²) >= 11 is 0. The zero-order valence-electron chi connectivity index (χ0n) is 9.42. The molecule has 0 amide bonds. The quantitative estimate of drug-likeness (QED) is 0.582. The van der Waals surface area contributed by atoms with E-state index in [0.29, 0.717) is 0 Å². The molecule has 1 saturated heterocycles. The molecule has 0 aliphatic carbocycles. The maximum atomic E-state index is 10.4. The van der Waals surface area contributed by atoms with Crippen molar-refractivity contribution in [3.8, 4) is 0 Å². The van der Waals surface area contributed by atoms with Crippen LogP contribution in [0.25, 0.3) is 0 Å². The predicted octanol–water partition coefficient (Wildman–Crippen LogP) is 0.388. The minimum atomic E-state index is -0.515. The SMILES string of the molecule is CO[C@H]1CNCC1Nc1ccc([N+](=O)[O-])nc1. The topological polar surface area (TPSA) is 89.3 Å². The van der Waals surface area contributed by atoms with Crippen LogP contribution < -0.4 is 10.6 Å². The van der Waals surface area contributed by atoms with Crippen LogP contribution in [0.1, 0.15) is 0 Å². The number of hydrogen-bond donors (Lipinski definition) is 2. The van der Waals surface area contributed by atoms with Gasteiger partial charge in [0.15, 0.2) is 6.20 Å². The number of nitrogens with zero attached hydrogens (tertiary/aromatic N) is 2. The fraction of sp³-hybridized carbons (Fsp3) is 0.500. The lowest BCUT2D eigenvalue weighted by Crippen LogP contribution is -2.33. The van der Waals surface area contributed by atoms with E-state index in [2.05, 4.69) is 15.6 Å². The fourth-order valence-electron chi connectivity index (χ4n) is 1.84. The normalized spacial score (nSPS) is 23.6. The molecule has 1 aromatic heterocycles. The van der Waals surface area contributed by atoms with E-state index in [1.54, 1.807) is 13.2 Å². The molecule has 0 radical (unpaired) electrons. The molecule has 1 aliphatic heterocycles. The summed E-state index contributed by atoms with van der Waals surface area (Å²) in [7, 11) is 1.67. The van der Waals surface area contributed by atoms with E-state index in [9.17, 15) is 10.1 Å². The zero-order valence-corrected chi connectivity index (χ0v) is 9.42. The first kappa shape index (κ1) is 11.7. The molecule has 1 aliphatic rings. The van der Waals surface area contributed by atoms with Gasteiger partial charge in [-0.15, -0.1) is 0 Å². The monoisotopic (exact) mass is 238 g/mol. The highest BCUT2D eigenvalue weighted by atomic mass is 16.6. The molecule has 1 fully saturated rings. The maximum Gasteiger partial charge on any atom is 0.363 e. The van der Waals surface area contributed by atoms with Gasteiger partial charge in [-0.05, 0) is 16.0 Å². The number of aromatic nitrogens is 1. The van der Waals surface area contributed by atoms with E-state index < -0.39 is 4.92 Å². The largest absolute Gasteiger partial charge is 0.378 e. The Bertz CT molecular complexity index is 395. The summed E-state index contributed by atoms with van der Waals surface area (Å²) in [6, 6.07) is 3.19. The van der Waals surface area contributed by atoms with Crippen molar-refractivity contribution in [3.05, 3.63) is 28.4 Å². The van der Waals surface area contributed by atoms with Gasteiger partial charge in [0.25, 0.3) is 0 Å². The lowest BCUT2D eigenvalue weighted by atomic mass is 10.2. The van der Waals surface area contributed by atoms with Crippen molar-refractivity contribution >= 4 is 11.5 Å². The third-order valence-electron chi connectivity index (χ3n) is 2.75. The molecule has 17 heavy (non-hydrogen) atoms. The lowest BCUT2D eigenvalue weighted by molar-refractivity contribution is -0.389. The summed E-state index contributed by atoms with van der Waals surface area (Å²) in [5, 5.41) is 16.9. The number of ether oxygens (including phenoxy) is 1. The Morgan fingerprint density at radius 1 is 1.59 bits per heavy atom. The average Bonchev–Trinajstić information content (AvgIpc) is 2.77. The molecule has 92 valence electrons. The van der Waals surface area contributed by atoms with Gasteiger partial charge < -0.3 is 25.5 Å². The number of pyridine rings is 1. The van der Waals surface area contributed by atoms with Crippen molar-refractivity contribution in [2.45, 2.75) is 12.1 Å². The van der Waals surface area contributed by atoms with Crippen molar-refractivity contribution in [2.75, 3.05) is 25.5 Å².